The highest BCUT2D eigenvalue weighted by Crippen LogP contribution is 1.98. The molecule has 4 heteroatoms. The van der Waals surface area contributed by atoms with Gasteiger partial charge in [-0.1, -0.05) is 0 Å². The van der Waals surface area contributed by atoms with Gasteiger partial charge in [0, 0.05) is 20.1 Å². The van der Waals surface area contributed by atoms with Crippen molar-refractivity contribution in [2.75, 3.05) is 27.2 Å². The van der Waals surface area contributed by atoms with E-state index in [9.17, 15) is 4.79 Å². The fourth-order valence-electron chi connectivity index (χ4n) is 1.11. The third-order valence-electron chi connectivity index (χ3n) is 1.62. The second-order valence-electron chi connectivity index (χ2n) is 2.58. The van der Waals surface area contributed by atoms with Crippen LogP contribution in [0.25, 0.3) is 0 Å². The second kappa shape index (κ2) is 2.88. The van der Waals surface area contributed by atoms with Crippen LogP contribution in [0.15, 0.2) is 0 Å². The predicted octanol–water partition coefficient (Wildman–Crippen LogP) is -0.771. The van der Waals surface area contributed by atoms with Crippen LogP contribution in [-0.4, -0.2) is 44.2 Å². The summed E-state index contributed by atoms with van der Waals surface area (Å²) in [6.07, 6.45) is 0. The highest BCUT2D eigenvalue weighted by molar-refractivity contribution is 5.76. The zero-order valence-electron chi connectivity index (χ0n) is 6.35. The van der Waals surface area contributed by atoms with Crippen LogP contribution in [0.2, 0.25) is 0 Å². The minimum absolute atomic E-state index is 0.0280. The molecule has 10 heavy (non-hydrogen) atoms. The summed E-state index contributed by atoms with van der Waals surface area (Å²) in [5.74, 6) is 0. The van der Waals surface area contributed by atoms with E-state index in [-0.39, 0.29) is 12.1 Å². The molecule has 0 aliphatic carbocycles. The van der Waals surface area contributed by atoms with Crippen molar-refractivity contribution in [3.8, 4) is 0 Å². The Kier molecular flexibility index (Phi) is 2.11. The van der Waals surface area contributed by atoms with Gasteiger partial charge < -0.3 is 15.5 Å². The number of carbonyl (C=O) groups excluding carboxylic acids is 1. The molecule has 1 saturated heterocycles. The molecule has 0 saturated carbocycles. The average Bonchev–Trinajstić information content (AvgIpc) is 2.14. The molecule has 58 valence electrons. The second-order valence-corrected chi connectivity index (χ2v) is 2.58. The maximum absolute atomic E-state index is 10.8. The third kappa shape index (κ3) is 1.39. The number of rotatable bonds is 2. The van der Waals surface area contributed by atoms with Gasteiger partial charge in [0.1, 0.15) is 0 Å². The molecule has 1 atom stereocenters. The Bertz CT molecular complexity index is 137. The molecule has 1 aliphatic heterocycles. The smallest absolute Gasteiger partial charge is 0.317 e. The van der Waals surface area contributed by atoms with Crippen LogP contribution in [0.4, 0.5) is 4.79 Å². The average molecular weight is 143 g/mol. The summed E-state index contributed by atoms with van der Waals surface area (Å²) in [6.45, 7) is 1.65. The van der Waals surface area contributed by atoms with E-state index in [1.807, 2.05) is 7.05 Å². The Hall–Kier alpha value is -0.770. The molecule has 4 nitrogen and oxygen atoms in total. The first-order valence-corrected chi connectivity index (χ1v) is 3.40. The Morgan fingerprint density at radius 1 is 1.90 bits per heavy atom. The molecule has 0 aromatic heterocycles. The lowest BCUT2D eigenvalue weighted by molar-refractivity contribution is 0.226. The zero-order chi connectivity index (χ0) is 7.56. The summed E-state index contributed by atoms with van der Waals surface area (Å²) >= 11 is 0. The Morgan fingerprint density at radius 3 is 3.00 bits per heavy atom. The number of nitrogens with one attached hydrogen (secondary N) is 2. The van der Waals surface area contributed by atoms with E-state index in [2.05, 4.69) is 10.6 Å². The van der Waals surface area contributed by atoms with Crippen molar-refractivity contribution in [1.29, 1.82) is 0 Å². The number of hydrogen-bond acceptors (Lipinski definition) is 2. The van der Waals surface area contributed by atoms with Gasteiger partial charge in [0.05, 0.1) is 6.04 Å². The molecule has 1 aliphatic rings. The molecular formula is C6H13N3O. The first-order valence-electron chi connectivity index (χ1n) is 3.40. The van der Waals surface area contributed by atoms with Gasteiger partial charge >= 0.3 is 6.03 Å². The number of amides is 2. The summed E-state index contributed by atoms with van der Waals surface area (Å²) < 4.78 is 0. The van der Waals surface area contributed by atoms with E-state index in [0.29, 0.717) is 0 Å². The zero-order valence-corrected chi connectivity index (χ0v) is 6.35. The van der Waals surface area contributed by atoms with Crippen LogP contribution in [0.5, 0.6) is 0 Å². The van der Waals surface area contributed by atoms with Gasteiger partial charge in [0.25, 0.3) is 0 Å². The highest BCUT2D eigenvalue weighted by atomic mass is 16.2. The minimum atomic E-state index is 0.0280. The van der Waals surface area contributed by atoms with Crippen molar-refractivity contribution in [2.45, 2.75) is 6.04 Å². The van der Waals surface area contributed by atoms with Crippen LogP contribution in [-0.2, 0) is 0 Å². The van der Waals surface area contributed by atoms with E-state index in [0.717, 1.165) is 13.1 Å². The quantitative estimate of drug-likeness (QED) is 0.533. The van der Waals surface area contributed by atoms with Crippen LogP contribution in [0, 0.1) is 0 Å². The molecule has 1 fully saturated rings. The van der Waals surface area contributed by atoms with Crippen molar-refractivity contribution in [1.82, 2.24) is 15.5 Å². The van der Waals surface area contributed by atoms with E-state index in [4.69, 9.17) is 0 Å². The molecular weight excluding hydrogens is 130 g/mol. The van der Waals surface area contributed by atoms with Crippen LogP contribution in [0.3, 0.4) is 0 Å². The molecule has 2 N–H and O–H groups in total. The number of nitrogens with zero attached hydrogens (tertiary/aromatic N) is 1. The van der Waals surface area contributed by atoms with E-state index >= 15 is 0 Å². The Morgan fingerprint density at radius 2 is 2.60 bits per heavy atom. The van der Waals surface area contributed by atoms with Crippen molar-refractivity contribution in [3.63, 3.8) is 0 Å². The molecule has 1 heterocycles. The van der Waals surface area contributed by atoms with Crippen molar-refractivity contribution in [2.24, 2.45) is 0 Å². The molecule has 1 rings (SSSR count). The van der Waals surface area contributed by atoms with Crippen molar-refractivity contribution < 1.29 is 4.79 Å². The normalized spacial score (nSPS) is 25.2. The molecule has 2 amide bonds. The summed E-state index contributed by atoms with van der Waals surface area (Å²) in [5, 5.41) is 5.84. The minimum Gasteiger partial charge on any atom is -0.332 e. The Balaban J connectivity index is 2.34. The van der Waals surface area contributed by atoms with Gasteiger partial charge in [0.15, 0.2) is 0 Å². The summed E-state index contributed by atoms with van der Waals surface area (Å²) in [7, 11) is 3.68. The lowest BCUT2D eigenvalue weighted by atomic mass is 10.3. The van der Waals surface area contributed by atoms with E-state index in [1.165, 1.54) is 0 Å². The molecule has 0 spiro atoms. The van der Waals surface area contributed by atoms with Crippen molar-refractivity contribution >= 4 is 6.03 Å². The number of urea groups is 1. The summed E-state index contributed by atoms with van der Waals surface area (Å²) in [6, 6.07) is 0.308. The van der Waals surface area contributed by atoms with E-state index < -0.39 is 0 Å². The molecule has 0 bridgehead atoms. The summed E-state index contributed by atoms with van der Waals surface area (Å²) in [4.78, 5) is 12.5. The van der Waals surface area contributed by atoms with Gasteiger partial charge in [-0.05, 0) is 7.05 Å². The maximum Gasteiger partial charge on any atom is 0.317 e. The largest absolute Gasteiger partial charge is 0.332 e. The lowest BCUT2D eigenvalue weighted by Gasteiger charge is -2.06. The fraction of sp³-hybridized carbons (Fsp3) is 0.833. The number of hydrogen-bond donors (Lipinski definition) is 2. The van der Waals surface area contributed by atoms with Gasteiger partial charge in [-0.3, -0.25) is 0 Å². The standard InChI is InChI=1S/C6H13N3O/c1-7-3-5-4-9(2)6(10)8-5/h5,7H,3-4H2,1-2H3,(H,8,10). The molecule has 1 unspecified atom stereocenters. The molecule has 0 aromatic rings. The highest BCUT2D eigenvalue weighted by Gasteiger charge is 2.24. The monoisotopic (exact) mass is 143 g/mol. The van der Waals surface area contributed by atoms with E-state index in [1.54, 1.807) is 11.9 Å². The first-order chi connectivity index (χ1) is 4.74. The SMILES string of the molecule is CNCC1CN(C)C(=O)N1. The third-order valence-corrected chi connectivity index (χ3v) is 1.62. The van der Waals surface area contributed by atoms with Gasteiger partial charge in [-0.15, -0.1) is 0 Å². The molecule has 0 aromatic carbocycles. The molecule has 0 radical (unpaired) electrons. The van der Waals surface area contributed by atoms with Crippen LogP contribution < -0.4 is 10.6 Å². The van der Waals surface area contributed by atoms with Crippen molar-refractivity contribution in [3.05, 3.63) is 0 Å². The van der Waals surface area contributed by atoms with Crippen LogP contribution in [0.1, 0.15) is 0 Å². The topological polar surface area (TPSA) is 44.4 Å². The first kappa shape index (κ1) is 7.34. The number of likely N-dealkylation sites (N-methyl/N-ethyl adjacent to an activating group) is 2. The number of carbonyl (C=O) groups is 1. The maximum atomic E-state index is 10.8. The predicted molar refractivity (Wildman–Crippen MR) is 38.9 cm³/mol. The van der Waals surface area contributed by atoms with Crippen LogP contribution >= 0.6 is 0 Å². The fourth-order valence-corrected chi connectivity index (χ4v) is 1.11. The van der Waals surface area contributed by atoms with Gasteiger partial charge in [-0.25, -0.2) is 4.79 Å². The Labute approximate surface area is 60.6 Å². The van der Waals surface area contributed by atoms with Gasteiger partial charge in [0.2, 0.25) is 0 Å². The lowest BCUT2D eigenvalue weighted by Crippen LogP contribution is -2.35. The van der Waals surface area contributed by atoms with Gasteiger partial charge in [-0.2, -0.15) is 0 Å². The summed E-state index contributed by atoms with van der Waals surface area (Å²) in [5.41, 5.74) is 0.